The van der Waals surface area contributed by atoms with Crippen LogP contribution in [0.25, 0.3) is 0 Å². The molecule has 0 saturated carbocycles. The van der Waals surface area contributed by atoms with Gasteiger partial charge >= 0.3 is 0 Å². The summed E-state index contributed by atoms with van der Waals surface area (Å²) in [4.78, 5) is 9.15. The lowest BCUT2D eigenvalue weighted by molar-refractivity contribution is 0.157. The Morgan fingerprint density at radius 3 is 2.77 bits per heavy atom. The Labute approximate surface area is 131 Å². The van der Waals surface area contributed by atoms with E-state index in [2.05, 4.69) is 34.9 Å². The van der Waals surface area contributed by atoms with E-state index in [9.17, 15) is 0 Å². The van der Waals surface area contributed by atoms with Gasteiger partial charge in [-0.3, -0.25) is 0 Å². The topological polar surface area (TPSA) is 61.5 Å². The zero-order valence-corrected chi connectivity index (χ0v) is 14.5. The molecule has 1 aromatic carbocycles. The van der Waals surface area contributed by atoms with Gasteiger partial charge in [0, 0.05) is 5.56 Å². The molecule has 0 N–H and O–H groups in total. The molecule has 0 aliphatic heterocycles. The second kappa shape index (κ2) is 7.21. The highest BCUT2D eigenvalue weighted by atomic mass is 28.3. The van der Waals surface area contributed by atoms with Crippen LogP contribution in [0.5, 0.6) is 5.75 Å². The highest BCUT2D eigenvalue weighted by molar-refractivity contribution is 6.76. The lowest BCUT2D eigenvalue weighted by atomic mass is 10.2. The van der Waals surface area contributed by atoms with E-state index < -0.39 is 8.07 Å². The molecule has 0 spiro atoms. The minimum absolute atomic E-state index is 0.490. The number of ether oxygens (including phenoxy) is 1. The van der Waals surface area contributed by atoms with Crippen LogP contribution < -0.4 is 4.74 Å². The third-order valence-electron chi connectivity index (χ3n) is 2.68. The summed E-state index contributed by atoms with van der Waals surface area (Å²) in [6.45, 7) is 9.19. The van der Waals surface area contributed by atoms with Gasteiger partial charge in [-0.2, -0.15) is 9.78 Å². The van der Waals surface area contributed by atoms with E-state index in [1.807, 2.05) is 31.2 Å². The summed E-state index contributed by atoms with van der Waals surface area (Å²) in [6, 6.07) is 7.77. The Morgan fingerprint density at radius 2 is 2.14 bits per heavy atom. The van der Waals surface area contributed by atoms with Crippen LogP contribution in [0.3, 0.4) is 0 Å². The van der Waals surface area contributed by atoms with Crippen molar-refractivity contribution < 1.29 is 9.57 Å². The van der Waals surface area contributed by atoms with Gasteiger partial charge in [0.1, 0.15) is 25.0 Å². The summed E-state index contributed by atoms with van der Waals surface area (Å²) in [5.74, 6) is 1.40. The maximum atomic E-state index is 5.90. The molecule has 1 aromatic heterocycles. The van der Waals surface area contributed by atoms with Crippen molar-refractivity contribution in [3.8, 4) is 5.75 Å². The second-order valence-corrected chi connectivity index (χ2v) is 11.5. The summed E-state index contributed by atoms with van der Waals surface area (Å²) in [7, 11) is -1.26. The Hall–Kier alpha value is -2.15. The van der Waals surface area contributed by atoms with E-state index in [0.29, 0.717) is 12.4 Å². The Morgan fingerprint density at radius 1 is 1.32 bits per heavy atom. The fourth-order valence-corrected chi connectivity index (χ4v) is 2.29. The Bertz CT molecular complexity index is 621. The molecular weight excluding hydrogens is 296 g/mol. The van der Waals surface area contributed by atoms with Crippen molar-refractivity contribution in [1.29, 1.82) is 0 Å². The molecule has 6 nitrogen and oxygen atoms in total. The standard InChI is InChI=1S/C15H22N4O2Si/c1-5-21-18-15(19-11-16-10-17-19)13-7-6-8-14(9-13)20-12-22(2,3)4/h6-11H,5,12H2,1-4H3/b18-15+. The number of rotatable bonds is 6. The normalized spacial score (nSPS) is 12.3. The molecule has 1 heterocycles. The lowest BCUT2D eigenvalue weighted by Crippen LogP contribution is -2.30. The van der Waals surface area contributed by atoms with Gasteiger partial charge in [0.2, 0.25) is 5.84 Å². The number of oxime groups is 1. The molecule has 7 heteroatoms. The third-order valence-corrected chi connectivity index (χ3v) is 3.69. The van der Waals surface area contributed by atoms with Gasteiger partial charge in [-0.1, -0.05) is 36.9 Å². The maximum absolute atomic E-state index is 5.90. The monoisotopic (exact) mass is 318 g/mol. The molecular formula is C15H22N4O2Si. The van der Waals surface area contributed by atoms with E-state index in [1.54, 1.807) is 11.0 Å². The smallest absolute Gasteiger partial charge is 0.201 e. The van der Waals surface area contributed by atoms with Crippen molar-refractivity contribution in [3.05, 3.63) is 42.5 Å². The first-order chi connectivity index (χ1) is 10.5. The summed E-state index contributed by atoms with van der Waals surface area (Å²) in [5.41, 5.74) is 0.868. The number of hydrogen-bond donors (Lipinski definition) is 0. The average molecular weight is 318 g/mol. The van der Waals surface area contributed by atoms with Crippen LogP contribution in [0.2, 0.25) is 19.6 Å². The van der Waals surface area contributed by atoms with Gasteiger partial charge in [0.15, 0.2) is 0 Å². The van der Waals surface area contributed by atoms with Gasteiger partial charge in [0.25, 0.3) is 0 Å². The summed E-state index contributed by atoms with van der Waals surface area (Å²) in [5, 5.41) is 8.26. The van der Waals surface area contributed by atoms with E-state index in [1.165, 1.54) is 6.33 Å². The molecule has 0 atom stereocenters. The van der Waals surface area contributed by atoms with Gasteiger partial charge < -0.3 is 9.57 Å². The van der Waals surface area contributed by atoms with Crippen LogP contribution in [0, 0.1) is 0 Å². The molecule has 2 aromatic rings. The average Bonchev–Trinajstić information content (AvgIpc) is 2.99. The van der Waals surface area contributed by atoms with E-state index in [4.69, 9.17) is 9.57 Å². The highest BCUT2D eigenvalue weighted by Crippen LogP contribution is 2.16. The molecule has 0 radical (unpaired) electrons. The summed E-state index contributed by atoms with van der Waals surface area (Å²) in [6.07, 6.45) is 3.83. The fourth-order valence-electron chi connectivity index (χ4n) is 1.69. The fraction of sp³-hybridized carbons (Fsp3) is 0.400. The quantitative estimate of drug-likeness (QED) is 0.356. The molecule has 0 saturated heterocycles. The first-order valence-corrected chi connectivity index (χ1v) is 11.0. The zero-order chi connectivity index (χ0) is 16.0. The van der Waals surface area contributed by atoms with Crippen LogP contribution in [0.1, 0.15) is 12.5 Å². The van der Waals surface area contributed by atoms with Crippen molar-refractivity contribution in [1.82, 2.24) is 14.8 Å². The van der Waals surface area contributed by atoms with Crippen molar-refractivity contribution in [2.75, 3.05) is 12.8 Å². The largest absolute Gasteiger partial charge is 0.497 e. The predicted octanol–water partition coefficient (Wildman–Crippen LogP) is 2.78. The Kier molecular flexibility index (Phi) is 5.32. The molecule has 0 unspecified atom stereocenters. The van der Waals surface area contributed by atoms with Crippen molar-refractivity contribution in [2.24, 2.45) is 5.16 Å². The molecule has 0 amide bonds. The molecule has 0 fully saturated rings. The molecule has 22 heavy (non-hydrogen) atoms. The number of hydrogen-bond acceptors (Lipinski definition) is 5. The van der Waals surface area contributed by atoms with Gasteiger partial charge in [0.05, 0.1) is 14.3 Å². The molecule has 118 valence electrons. The number of benzene rings is 1. The van der Waals surface area contributed by atoms with Gasteiger partial charge in [-0.25, -0.2) is 4.98 Å². The van der Waals surface area contributed by atoms with E-state index in [-0.39, 0.29) is 0 Å². The van der Waals surface area contributed by atoms with Crippen molar-refractivity contribution in [2.45, 2.75) is 26.6 Å². The molecule has 0 aliphatic carbocycles. The highest BCUT2D eigenvalue weighted by Gasteiger charge is 2.15. The SMILES string of the molecule is CCO/N=C(\c1cccc(OC[Si](C)(C)C)c1)n1cncn1. The van der Waals surface area contributed by atoms with Crippen LogP contribution in [0.15, 0.2) is 42.1 Å². The van der Waals surface area contributed by atoms with E-state index >= 15 is 0 Å². The van der Waals surface area contributed by atoms with Crippen LogP contribution in [0.4, 0.5) is 0 Å². The van der Waals surface area contributed by atoms with Gasteiger partial charge in [-0.15, -0.1) is 0 Å². The van der Waals surface area contributed by atoms with E-state index in [0.717, 1.165) is 17.5 Å². The first kappa shape index (κ1) is 16.2. The molecule has 0 bridgehead atoms. The second-order valence-electron chi connectivity index (χ2n) is 6.05. The van der Waals surface area contributed by atoms with Crippen LogP contribution >= 0.6 is 0 Å². The van der Waals surface area contributed by atoms with Crippen molar-refractivity contribution >= 4 is 13.9 Å². The van der Waals surface area contributed by atoms with Crippen LogP contribution in [-0.4, -0.2) is 41.5 Å². The summed E-state index contributed by atoms with van der Waals surface area (Å²) < 4.78 is 7.48. The summed E-state index contributed by atoms with van der Waals surface area (Å²) >= 11 is 0. The van der Waals surface area contributed by atoms with Crippen molar-refractivity contribution in [3.63, 3.8) is 0 Å². The Balaban J connectivity index is 2.25. The minimum Gasteiger partial charge on any atom is -0.497 e. The zero-order valence-electron chi connectivity index (χ0n) is 13.5. The minimum atomic E-state index is -1.26. The first-order valence-electron chi connectivity index (χ1n) is 7.28. The number of aromatic nitrogens is 3. The third kappa shape index (κ3) is 4.69. The van der Waals surface area contributed by atoms with Crippen LogP contribution in [-0.2, 0) is 4.84 Å². The molecule has 2 rings (SSSR count). The van der Waals surface area contributed by atoms with Gasteiger partial charge in [-0.05, 0) is 19.1 Å². The maximum Gasteiger partial charge on any atom is 0.201 e. The predicted molar refractivity (Wildman–Crippen MR) is 88.9 cm³/mol. The molecule has 0 aliphatic rings. The lowest BCUT2D eigenvalue weighted by Gasteiger charge is -2.17. The number of nitrogens with zero attached hydrogens (tertiary/aromatic N) is 4.